The molecule has 1 N–H and O–H groups in total. The Hall–Kier alpha value is -3.03. The van der Waals surface area contributed by atoms with Gasteiger partial charge in [-0.15, -0.1) is 0 Å². The van der Waals surface area contributed by atoms with Gasteiger partial charge >= 0.3 is 0 Å². The van der Waals surface area contributed by atoms with Gasteiger partial charge in [-0.25, -0.2) is 8.42 Å². The van der Waals surface area contributed by atoms with E-state index in [1.807, 2.05) is 30.3 Å². The quantitative estimate of drug-likeness (QED) is 0.562. The molecule has 0 heterocycles. The van der Waals surface area contributed by atoms with Crippen LogP contribution in [0.1, 0.15) is 10.4 Å². The first-order chi connectivity index (χ1) is 14.4. The predicted octanol–water partition coefficient (Wildman–Crippen LogP) is 4.29. The lowest BCUT2D eigenvalue weighted by Gasteiger charge is -2.18. The van der Waals surface area contributed by atoms with Crippen LogP contribution < -0.4 is 9.46 Å². The van der Waals surface area contributed by atoms with E-state index in [2.05, 4.69) is 4.72 Å². The highest BCUT2D eigenvalue weighted by molar-refractivity contribution is 7.92. The largest absolute Gasteiger partial charge is 0.492 e. The average Bonchev–Trinajstić information content (AvgIpc) is 2.75. The molecule has 0 aliphatic carbocycles. The molecule has 3 aromatic carbocycles. The van der Waals surface area contributed by atoms with Gasteiger partial charge in [-0.05, 0) is 42.5 Å². The third-order valence-corrected chi connectivity index (χ3v) is 5.99. The molecule has 0 saturated carbocycles. The summed E-state index contributed by atoms with van der Waals surface area (Å²) in [5, 5.41) is 0.284. The van der Waals surface area contributed by atoms with E-state index in [1.165, 1.54) is 23.1 Å². The maximum absolute atomic E-state index is 12.7. The number of benzene rings is 3. The van der Waals surface area contributed by atoms with Gasteiger partial charge in [-0.2, -0.15) is 0 Å². The van der Waals surface area contributed by atoms with Gasteiger partial charge in [0.25, 0.3) is 15.9 Å². The van der Waals surface area contributed by atoms with Gasteiger partial charge < -0.3 is 9.64 Å². The summed E-state index contributed by atoms with van der Waals surface area (Å²) in [7, 11) is -2.26. The molecule has 0 unspecified atom stereocenters. The third kappa shape index (κ3) is 5.52. The van der Waals surface area contributed by atoms with Crippen molar-refractivity contribution in [2.45, 2.75) is 4.90 Å². The number of nitrogens with zero attached hydrogens (tertiary/aromatic N) is 1. The molecule has 3 rings (SSSR count). The Morgan fingerprint density at radius 1 is 1.00 bits per heavy atom. The molecule has 0 spiro atoms. The molecule has 3 aromatic rings. The fourth-order valence-corrected chi connectivity index (χ4v) is 4.05. The van der Waals surface area contributed by atoms with E-state index in [1.54, 1.807) is 37.4 Å². The lowest BCUT2D eigenvalue weighted by molar-refractivity contribution is 0.0773. The van der Waals surface area contributed by atoms with Gasteiger partial charge in [-0.1, -0.05) is 48.0 Å². The Morgan fingerprint density at radius 3 is 2.43 bits per heavy atom. The zero-order chi connectivity index (χ0) is 21.6. The van der Waals surface area contributed by atoms with Gasteiger partial charge in [0.2, 0.25) is 0 Å². The van der Waals surface area contributed by atoms with Crippen LogP contribution in [-0.2, 0) is 10.0 Å². The van der Waals surface area contributed by atoms with E-state index in [4.69, 9.17) is 16.3 Å². The first kappa shape index (κ1) is 21.7. The normalized spacial score (nSPS) is 11.0. The van der Waals surface area contributed by atoms with E-state index in [0.717, 1.165) is 5.75 Å². The fraction of sp³-hybridized carbons (Fsp3) is 0.136. The number of nitrogens with one attached hydrogen (secondary N) is 1. The molecular formula is C22H21ClN2O4S. The average molecular weight is 445 g/mol. The summed E-state index contributed by atoms with van der Waals surface area (Å²) < 4.78 is 33.5. The standard InChI is InChI=1S/C22H21ClN2O4S/c1-25(14-15-29-18-9-3-2-4-10-18)22(26)17-8-7-11-19(16-17)30(27,28)24-21-13-6-5-12-20(21)23/h2-13,16,24H,14-15H2,1H3. The van der Waals surface area contributed by atoms with Gasteiger partial charge in [-0.3, -0.25) is 9.52 Å². The molecular weight excluding hydrogens is 424 g/mol. The number of ether oxygens (including phenoxy) is 1. The molecule has 0 aliphatic rings. The van der Waals surface area contributed by atoms with Crippen molar-refractivity contribution in [2.24, 2.45) is 0 Å². The highest BCUT2D eigenvalue weighted by atomic mass is 35.5. The number of likely N-dealkylation sites (N-methyl/N-ethyl adjacent to an activating group) is 1. The second-order valence-electron chi connectivity index (χ2n) is 6.50. The van der Waals surface area contributed by atoms with Crippen molar-refractivity contribution in [2.75, 3.05) is 24.9 Å². The number of carbonyl (C=O) groups excluding carboxylic acids is 1. The smallest absolute Gasteiger partial charge is 0.261 e. The number of para-hydroxylation sites is 2. The van der Waals surface area contributed by atoms with Gasteiger partial charge in [0.05, 0.1) is 22.2 Å². The molecule has 8 heteroatoms. The van der Waals surface area contributed by atoms with Crippen LogP contribution in [0.5, 0.6) is 5.75 Å². The van der Waals surface area contributed by atoms with Crippen molar-refractivity contribution in [1.82, 2.24) is 4.90 Å². The number of anilines is 1. The van der Waals surface area contributed by atoms with Crippen molar-refractivity contribution in [3.05, 3.63) is 89.4 Å². The Kier molecular flexibility index (Phi) is 6.97. The minimum Gasteiger partial charge on any atom is -0.492 e. The summed E-state index contributed by atoms with van der Waals surface area (Å²) >= 11 is 6.03. The van der Waals surface area contributed by atoms with Crippen LogP contribution in [0, 0.1) is 0 Å². The summed E-state index contributed by atoms with van der Waals surface area (Å²) in [5.74, 6) is 0.415. The van der Waals surface area contributed by atoms with E-state index >= 15 is 0 Å². The van der Waals surface area contributed by atoms with Gasteiger partial charge in [0.15, 0.2) is 0 Å². The zero-order valence-electron chi connectivity index (χ0n) is 16.3. The molecule has 0 radical (unpaired) electrons. The fourth-order valence-electron chi connectivity index (χ4n) is 2.68. The van der Waals surface area contributed by atoms with Crippen molar-refractivity contribution in [3.63, 3.8) is 0 Å². The van der Waals surface area contributed by atoms with Crippen molar-refractivity contribution in [3.8, 4) is 5.75 Å². The molecule has 0 fully saturated rings. The monoisotopic (exact) mass is 444 g/mol. The van der Waals surface area contributed by atoms with E-state index in [9.17, 15) is 13.2 Å². The Balaban J connectivity index is 1.67. The predicted molar refractivity (Wildman–Crippen MR) is 118 cm³/mol. The van der Waals surface area contributed by atoms with Crippen LogP contribution in [0.25, 0.3) is 0 Å². The topological polar surface area (TPSA) is 75.7 Å². The summed E-state index contributed by atoms with van der Waals surface area (Å²) in [4.78, 5) is 14.2. The maximum atomic E-state index is 12.7. The van der Waals surface area contributed by atoms with Crippen LogP contribution >= 0.6 is 11.6 Å². The zero-order valence-corrected chi connectivity index (χ0v) is 17.9. The molecule has 30 heavy (non-hydrogen) atoms. The number of sulfonamides is 1. The SMILES string of the molecule is CN(CCOc1ccccc1)C(=O)c1cccc(S(=O)(=O)Nc2ccccc2Cl)c1. The lowest BCUT2D eigenvalue weighted by Crippen LogP contribution is -2.31. The number of amides is 1. The Bertz CT molecular complexity index is 1120. The number of carbonyl (C=O) groups is 1. The van der Waals surface area contributed by atoms with E-state index in [0.29, 0.717) is 13.2 Å². The number of hydrogen-bond acceptors (Lipinski definition) is 4. The summed E-state index contributed by atoms with van der Waals surface area (Å²) in [6.07, 6.45) is 0. The molecule has 0 aromatic heterocycles. The van der Waals surface area contributed by atoms with Crippen LogP contribution in [0.4, 0.5) is 5.69 Å². The first-order valence-electron chi connectivity index (χ1n) is 9.17. The summed E-state index contributed by atoms with van der Waals surface area (Å²) in [6, 6.07) is 21.7. The molecule has 0 saturated heterocycles. The van der Waals surface area contributed by atoms with E-state index < -0.39 is 10.0 Å². The minimum atomic E-state index is -3.90. The van der Waals surface area contributed by atoms with Gasteiger partial charge in [0, 0.05) is 12.6 Å². The van der Waals surface area contributed by atoms with Gasteiger partial charge in [0.1, 0.15) is 12.4 Å². The molecule has 0 aliphatic heterocycles. The van der Waals surface area contributed by atoms with Crippen LogP contribution in [0.3, 0.4) is 0 Å². The molecule has 156 valence electrons. The Morgan fingerprint density at radius 2 is 1.70 bits per heavy atom. The molecule has 0 atom stereocenters. The van der Waals surface area contributed by atoms with Crippen molar-refractivity contribution in [1.29, 1.82) is 0 Å². The lowest BCUT2D eigenvalue weighted by atomic mass is 10.2. The first-order valence-corrected chi connectivity index (χ1v) is 11.0. The number of hydrogen-bond donors (Lipinski definition) is 1. The highest BCUT2D eigenvalue weighted by Gasteiger charge is 2.19. The highest BCUT2D eigenvalue weighted by Crippen LogP contribution is 2.24. The Labute approximate surface area is 181 Å². The number of halogens is 1. The molecule has 1 amide bonds. The second-order valence-corrected chi connectivity index (χ2v) is 8.59. The maximum Gasteiger partial charge on any atom is 0.261 e. The summed E-state index contributed by atoms with van der Waals surface area (Å²) in [5.41, 5.74) is 0.533. The van der Waals surface area contributed by atoms with Crippen LogP contribution in [0.15, 0.2) is 83.8 Å². The molecule has 6 nitrogen and oxygen atoms in total. The van der Waals surface area contributed by atoms with Crippen LogP contribution in [0.2, 0.25) is 5.02 Å². The molecule has 0 bridgehead atoms. The third-order valence-electron chi connectivity index (χ3n) is 4.29. The van der Waals surface area contributed by atoms with Crippen LogP contribution in [-0.4, -0.2) is 39.4 Å². The minimum absolute atomic E-state index is 0.0257. The van der Waals surface area contributed by atoms with Crippen molar-refractivity contribution < 1.29 is 17.9 Å². The second kappa shape index (κ2) is 9.65. The summed E-state index contributed by atoms with van der Waals surface area (Å²) in [6.45, 7) is 0.668. The number of rotatable bonds is 8. The van der Waals surface area contributed by atoms with Crippen molar-refractivity contribution >= 4 is 33.2 Å². The van der Waals surface area contributed by atoms with E-state index in [-0.39, 0.29) is 27.1 Å².